The number of aromatic nitrogens is 6. The Hall–Kier alpha value is -4.33. The van der Waals surface area contributed by atoms with Crippen molar-refractivity contribution in [1.82, 2.24) is 39.3 Å². The molecule has 276 valence electrons. The largest absolute Gasteiger partial charge is 0.356 e. The highest BCUT2D eigenvalue weighted by molar-refractivity contribution is 7.99. The molecule has 0 saturated carbocycles. The Kier molecular flexibility index (Phi) is 8.23. The second kappa shape index (κ2) is 13.5. The lowest BCUT2D eigenvalue weighted by atomic mass is 10.0. The summed E-state index contributed by atoms with van der Waals surface area (Å²) in [6.07, 6.45) is 19.5. The quantitative estimate of drug-likeness (QED) is 0.161. The maximum absolute atomic E-state index is 6.11. The SMILES string of the molecule is CN1C[C@H]2C[C@@H]1CN2CCN1c2ccc(-c3cncc4c3cnn4C3CCCCO3)cc2Sc2cc(-c3cncc4c3cnn4C3CCCCO3)ccc21. The van der Waals surface area contributed by atoms with E-state index >= 15 is 0 Å². The first kappa shape index (κ1) is 33.0. The Morgan fingerprint density at radius 3 is 1.76 bits per heavy atom. The number of likely N-dealkylation sites (N-methyl/N-ethyl adjacent to an activating group) is 1. The van der Waals surface area contributed by atoms with E-state index in [2.05, 4.69) is 58.1 Å². The van der Waals surface area contributed by atoms with Crippen LogP contribution in [-0.4, -0.2) is 97.9 Å². The molecule has 2 unspecified atom stereocenters. The molecule has 0 radical (unpaired) electrons. The minimum absolute atomic E-state index is 0.0335. The summed E-state index contributed by atoms with van der Waals surface area (Å²) < 4.78 is 16.3. The molecule has 0 aliphatic carbocycles. The van der Waals surface area contributed by atoms with Crippen LogP contribution in [0.3, 0.4) is 0 Å². The standard InChI is InChI=1S/C42H45N9O2S/c1-47-25-30-18-29(47)26-48(30)12-13-49-35-10-8-27(31-19-43-23-37-33(31)21-45-50(37)41-6-2-4-14-52-41)16-39(35)54-40-17-28(9-11-36(40)49)32-20-44-24-38-34(32)22-46-51(38)42-7-3-5-15-53-42/h8-11,16-17,19-24,29-30,41-42H,2-7,12-15,18,25-26H2,1H3/t29-,30-,41?,42?/m1/s1. The van der Waals surface area contributed by atoms with E-state index in [-0.39, 0.29) is 12.5 Å². The number of likely N-dealkylation sites (tertiary alicyclic amines) is 2. The molecule has 11 nitrogen and oxygen atoms in total. The number of piperazine rings is 1. The van der Waals surface area contributed by atoms with Gasteiger partial charge in [0.15, 0.2) is 12.5 Å². The minimum Gasteiger partial charge on any atom is -0.356 e. The van der Waals surface area contributed by atoms with Crippen LogP contribution in [0.1, 0.15) is 57.4 Å². The number of hydrogen-bond acceptors (Lipinski definition) is 10. The molecule has 5 aliphatic heterocycles. The van der Waals surface area contributed by atoms with Crippen molar-refractivity contribution >= 4 is 44.9 Å². The van der Waals surface area contributed by atoms with Crippen molar-refractivity contribution in [2.45, 2.75) is 79.3 Å². The van der Waals surface area contributed by atoms with Crippen LogP contribution in [0.2, 0.25) is 0 Å². The van der Waals surface area contributed by atoms with Crippen molar-refractivity contribution < 1.29 is 9.47 Å². The monoisotopic (exact) mass is 739 g/mol. The number of hydrogen-bond donors (Lipinski definition) is 0. The molecule has 2 aromatic carbocycles. The summed E-state index contributed by atoms with van der Waals surface area (Å²) in [6.45, 7) is 5.87. The molecular formula is C42H45N9O2S. The van der Waals surface area contributed by atoms with Gasteiger partial charge < -0.3 is 19.3 Å². The van der Waals surface area contributed by atoms with Crippen molar-refractivity contribution in [1.29, 1.82) is 0 Å². The van der Waals surface area contributed by atoms with Crippen molar-refractivity contribution in [2.24, 2.45) is 0 Å². The van der Waals surface area contributed by atoms with Gasteiger partial charge in [-0.25, -0.2) is 9.36 Å². The van der Waals surface area contributed by atoms with Crippen LogP contribution in [0, 0.1) is 0 Å². The molecule has 9 heterocycles. The molecule has 2 bridgehead atoms. The lowest BCUT2D eigenvalue weighted by Gasteiger charge is -2.37. The van der Waals surface area contributed by atoms with Gasteiger partial charge in [0.2, 0.25) is 0 Å². The van der Waals surface area contributed by atoms with E-state index in [1.807, 2.05) is 58.3 Å². The highest BCUT2D eigenvalue weighted by atomic mass is 32.2. The van der Waals surface area contributed by atoms with Crippen molar-refractivity contribution in [3.8, 4) is 22.3 Å². The van der Waals surface area contributed by atoms with E-state index in [9.17, 15) is 0 Å². The Balaban J connectivity index is 0.962. The molecule has 11 rings (SSSR count). The molecule has 4 saturated heterocycles. The third kappa shape index (κ3) is 5.56. The van der Waals surface area contributed by atoms with E-state index in [0.717, 1.165) is 115 Å². The molecule has 4 aromatic heterocycles. The lowest BCUT2D eigenvalue weighted by Crippen LogP contribution is -2.46. The van der Waals surface area contributed by atoms with E-state index in [4.69, 9.17) is 29.6 Å². The Morgan fingerprint density at radius 2 is 1.26 bits per heavy atom. The molecule has 5 aliphatic rings. The lowest BCUT2D eigenvalue weighted by molar-refractivity contribution is -0.0368. The maximum atomic E-state index is 6.11. The third-order valence-electron chi connectivity index (χ3n) is 12.5. The zero-order chi connectivity index (χ0) is 35.8. The van der Waals surface area contributed by atoms with Gasteiger partial charge in [0.25, 0.3) is 0 Å². The number of ether oxygens (including phenoxy) is 2. The average Bonchev–Trinajstić information content (AvgIpc) is 4.03. The fraction of sp³-hybridized carbons (Fsp3) is 0.429. The molecule has 4 atom stereocenters. The topological polar surface area (TPSA) is 89.6 Å². The molecule has 6 aromatic rings. The van der Waals surface area contributed by atoms with Gasteiger partial charge in [-0.05, 0) is 87.4 Å². The predicted molar refractivity (Wildman–Crippen MR) is 211 cm³/mol. The van der Waals surface area contributed by atoms with Crippen LogP contribution in [0.25, 0.3) is 44.1 Å². The molecule has 0 N–H and O–H groups in total. The number of rotatable bonds is 7. The number of pyridine rings is 2. The van der Waals surface area contributed by atoms with Crippen LogP contribution in [0.15, 0.2) is 83.4 Å². The van der Waals surface area contributed by atoms with Gasteiger partial charge in [0, 0.05) is 95.6 Å². The van der Waals surface area contributed by atoms with Gasteiger partial charge in [0.05, 0.1) is 47.2 Å². The third-order valence-corrected chi connectivity index (χ3v) is 13.6. The molecular weight excluding hydrogens is 695 g/mol. The number of benzene rings is 2. The highest BCUT2D eigenvalue weighted by Crippen LogP contribution is 2.51. The molecule has 4 fully saturated rings. The first-order valence-electron chi connectivity index (χ1n) is 19.7. The average molecular weight is 740 g/mol. The van der Waals surface area contributed by atoms with Gasteiger partial charge in [-0.2, -0.15) is 10.2 Å². The predicted octanol–water partition coefficient (Wildman–Crippen LogP) is 7.90. The van der Waals surface area contributed by atoms with Crippen LogP contribution in [0.4, 0.5) is 11.4 Å². The van der Waals surface area contributed by atoms with E-state index in [0.29, 0.717) is 12.1 Å². The maximum Gasteiger partial charge on any atom is 0.150 e. The van der Waals surface area contributed by atoms with Crippen LogP contribution in [-0.2, 0) is 9.47 Å². The van der Waals surface area contributed by atoms with E-state index < -0.39 is 0 Å². The van der Waals surface area contributed by atoms with Gasteiger partial charge in [-0.3, -0.25) is 14.9 Å². The van der Waals surface area contributed by atoms with Gasteiger partial charge >= 0.3 is 0 Å². The molecule has 0 amide bonds. The zero-order valence-corrected chi connectivity index (χ0v) is 31.5. The fourth-order valence-electron chi connectivity index (χ4n) is 9.58. The smallest absolute Gasteiger partial charge is 0.150 e. The Morgan fingerprint density at radius 1 is 0.667 bits per heavy atom. The summed E-state index contributed by atoms with van der Waals surface area (Å²) in [6, 6.07) is 15.2. The summed E-state index contributed by atoms with van der Waals surface area (Å²) in [5.41, 5.74) is 9.05. The molecule has 12 heteroatoms. The minimum atomic E-state index is -0.0335. The van der Waals surface area contributed by atoms with Gasteiger partial charge in [-0.1, -0.05) is 23.9 Å². The van der Waals surface area contributed by atoms with Crippen molar-refractivity contribution in [2.75, 3.05) is 51.3 Å². The van der Waals surface area contributed by atoms with E-state index in [1.165, 1.54) is 34.1 Å². The van der Waals surface area contributed by atoms with Crippen LogP contribution < -0.4 is 4.90 Å². The normalized spacial score (nSPS) is 24.4. The van der Waals surface area contributed by atoms with Crippen LogP contribution in [0.5, 0.6) is 0 Å². The summed E-state index contributed by atoms with van der Waals surface area (Å²) >= 11 is 1.86. The number of anilines is 2. The zero-order valence-electron chi connectivity index (χ0n) is 30.7. The first-order chi connectivity index (χ1) is 26.7. The molecule has 0 spiro atoms. The second-order valence-corrected chi connectivity index (χ2v) is 16.7. The number of fused-ring (bicyclic) bond motifs is 6. The van der Waals surface area contributed by atoms with E-state index in [1.54, 1.807) is 0 Å². The van der Waals surface area contributed by atoms with Gasteiger partial charge in [0.1, 0.15) is 0 Å². The Labute approximate surface area is 319 Å². The summed E-state index contributed by atoms with van der Waals surface area (Å²) in [4.78, 5) is 19.7. The molecule has 54 heavy (non-hydrogen) atoms. The summed E-state index contributed by atoms with van der Waals surface area (Å²) in [5.74, 6) is 0. The highest BCUT2D eigenvalue weighted by Gasteiger charge is 2.41. The summed E-state index contributed by atoms with van der Waals surface area (Å²) in [5, 5.41) is 11.8. The summed E-state index contributed by atoms with van der Waals surface area (Å²) in [7, 11) is 2.28. The van der Waals surface area contributed by atoms with Crippen LogP contribution >= 0.6 is 11.8 Å². The Bertz CT molecular complexity index is 2220. The number of nitrogens with zero attached hydrogens (tertiary/aromatic N) is 9. The van der Waals surface area contributed by atoms with Crippen molar-refractivity contribution in [3.63, 3.8) is 0 Å². The van der Waals surface area contributed by atoms with Gasteiger partial charge in [-0.15, -0.1) is 0 Å². The van der Waals surface area contributed by atoms with Crippen molar-refractivity contribution in [3.05, 3.63) is 73.6 Å². The second-order valence-electron chi connectivity index (χ2n) is 15.7. The first-order valence-corrected chi connectivity index (χ1v) is 20.5. The fourth-order valence-corrected chi connectivity index (χ4v) is 10.8.